The number of carboxylic acids is 1. The van der Waals surface area contributed by atoms with Crippen LogP contribution in [0.3, 0.4) is 0 Å². The largest absolute Gasteiger partial charge is 0.508 e. The molecule has 2 aliphatic carbocycles. The molecule has 1 aromatic carbocycles. The highest BCUT2D eigenvalue weighted by Gasteiger charge is 2.57. The highest BCUT2D eigenvalue weighted by molar-refractivity contribution is 5.84. The summed E-state index contributed by atoms with van der Waals surface area (Å²) < 4.78 is 0. The Morgan fingerprint density at radius 2 is 2.11 bits per heavy atom. The number of phenolic OH excluding ortho intramolecular Hbond substituents is 1. The predicted molar refractivity (Wildman–Crippen MR) is 98.5 cm³/mol. The van der Waals surface area contributed by atoms with Crippen LogP contribution in [0.2, 0.25) is 0 Å². The van der Waals surface area contributed by atoms with Crippen molar-refractivity contribution in [3.63, 3.8) is 0 Å². The van der Waals surface area contributed by atoms with Crippen molar-refractivity contribution in [2.45, 2.75) is 43.6 Å². The molecule has 27 heavy (non-hydrogen) atoms. The van der Waals surface area contributed by atoms with Crippen molar-refractivity contribution in [1.82, 2.24) is 9.80 Å². The molecule has 3 atom stereocenters. The maximum atomic E-state index is 12.8. The van der Waals surface area contributed by atoms with Gasteiger partial charge >= 0.3 is 5.97 Å². The van der Waals surface area contributed by atoms with E-state index in [0.29, 0.717) is 19.0 Å². The molecule has 2 aliphatic heterocycles. The molecule has 1 aromatic rings. The van der Waals surface area contributed by atoms with Crippen LogP contribution >= 0.6 is 0 Å². The van der Waals surface area contributed by atoms with Crippen LogP contribution in [0.25, 0.3) is 0 Å². The number of piperidine rings is 2. The first kappa shape index (κ1) is 17.0. The van der Waals surface area contributed by atoms with Crippen LogP contribution in [-0.2, 0) is 21.4 Å². The molecule has 2 saturated heterocycles. The monoisotopic (exact) mass is 370 g/mol. The first-order valence-electron chi connectivity index (χ1n) is 10.0. The van der Waals surface area contributed by atoms with Gasteiger partial charge < -0.3 is 15.1 Å². The van der Waals surface area contributed by atoms with Crippen LogP contribution in [0.4, 0.5) is 0 Å². The fourth-order valence-electron chi connectivity index (χ4n) is 5.86. The Labute approximate surface area is 158 Å². The number of aromatic hydroxyl groups is 1. The summed E-state index contributed by atoms with van der Waals surface area (Å²) in [6.45, 7) is 2.40. The SMILES string of the molecule is O=C(O)CN1C[C@H]2[C@H]3Cc4ccc(O)cc4C2(CCN3CC2CC2)CC1=O. The van der Waals surface area contributed by atoms with Crippen LogP contribution < -0.4 is 0 Å². The number of hydrogen-bond donors (Lipinski definition) is 2. The second kappa shape index (κ2) is 5.96. The first-order valence-corrected chi connectivity index (χ1v) is 10.0. The molecule has 0 radical (unpaired) electrons. The Balaban J connectivity index is 1.56. The third-order valence-electron chi connectivity index (χ3n) is 7.30. The number of carbonyl (C=O) groups is 2. The Bertz CT molecular complexity index is 805. The molecule has 2 bridgehead atoms. The second-order valence-electron chi connectivity index (χ2n) is 8.91. The lowest BCUT2D eigenvalue weighted by atomic mass is 9.54. The van der Waals surface area contributed by atoms with Gasteiger partial charge in [0.15, 0.2) is 0 Å². The number of phenols is 1. The van der Waals surface area contributed by atoms with E-state index >= 15 is 0 Å². The van der Waals surface area contributed by atoms with Crippen molar-refractivity contribution in [3.8, 4) is 5.75 Å². The van der Waals surface area contributed by atoms with Gasteiger partial charge in [-0.15, -0.1) is 0 Å². The molecule has 0 spiro atoms. The summed E-state index contributed by atoms with van der Waals surface area (Å²) in [5, 5.41) is 19.3. The number of benzene rings is 1. The molecule has 1 saturated carbocycles. The Kier molecular flexibility index (Phi) is 3.76. The fourth-order valence-corrected chi connectivity index (χ4v) is 5.86. The normalized spacial score (nSPS) is 32.7. The average Bonchev–Trinajstić information content (AvgIpc) is 3.42. The van der Waals surface area contributed by atoms with Crippen LogP contribution in [0.5, 0.6) is 5.75 Å². The van der Waals surface area contributed by atoms with Gasteiger partial charge in [0, 0.05) is 36.9 Å². The number of fused-ring (bicyclic) bond motifs is 1. The van der Waals surface area contributed by atoms with Crippen LogP contribution in [0, 0.1) is 11.8 Å². The maximum absolute atomic E-state index is 12.8. The van der Waals surface area contributed by atoms with Crippen molar-refractivity contribution in [2.24, 2.45) is 11.8 Å². The number of likely N-dealkylation sites (tertiary alicyclic amines) is 2. The molecule has 2 N–H and O–H groups in total. The predicted octanol–water partition coefficient (Wildman–Crippen LogP) is 1.60. The molecule has 1 amide bonds. The molecule has 6 heteroatoms. The Hall–Kier alpha value is -2.08. The van der Waals surface area contributed by atoms with Gasteiger partial charge in [0.1, 0.15) is 12.3 Å². The smallest absolute Gasteiger partial charge is 0.323 e. The summed E-state index contributed by atoms with van der Waals surface area (Å²) in [5.74, 6) is 0.268. The lowest BCUT2D eigenvalue weighted by Gasteiger charge is -2.60. The van der Waals surface area contributed by atoms with E-state index in [0.717, 1.165) is 37.4 Å². The van der Waals surface area contributed by atoms with Gasteiger partial charge in [-0.3, -0.25) is 14.5 Å². The van der Waals surface area contributed by atoms with Crippen LogP contribution in [0.1, 0.15) is 36.8 Å². The summed E-state index contributed by atoms with van der Waals surface area (Å²) in [4.78, 5) is 28.2. The third-order valence-corrected chi connectivity index (χ3v) is 7.30. The van der Waals surface area contributed by atoms with Crippen molar-refractivity contribution in [1.29, 1.82) is 0 Å². The molecule has 144 valence electrons. The fraction of sp³-hybridized carbons (Fsp3) is 0.619. The lowest BCUT2D eigenvalue weighted by molar-refractivity contribution is -0.152. The standard InChI is InChI=1S/C21H26N2O4/c24-15-4-3-14-7-18-17-11-23(12-20(26)27)19(25)9-21(17,16(14)8-15)5-6-22(18)10-13-1-2-13/h3-4,8,13,17-18,24H,1-2,5-7,9-12H2,(H,26,27)/t17-,18+,21?/m0/s1. The van der Waals surface area contributed by atoms with Gasteiger partial charge in [-0.05, 0) is 61.4 Å². The molecule has 1 unspecified atom stereocenters. The summed E-state index contributed by atoms with van der Waals surface area (Å²) in [6.07, 6.45) is 4.81. The van der Waals surface area contributed by atoms with Crippen molar-refractivity contribution in [2.75, 3.05) is 26.2 Å². The van der Waals surface area contributed by atoms with E-state index in [-0.39, 0.29) is 29.5 Å². The van der Waals surface area contributed by atoms with E-state index in [2.05, 4.69) is 4.90 Å². The highest BCUT2D eigenvalue weighted by Crippen LogP contribution is 2.54. The highest BCUT2D eigenvalue weighted by atomic mass is 16.4. The van der Waals surface area contributed by atoms with Gasteiger partial charge in [-0.25, -0.2) is 0 Å². The zero-order chi connectivity index (χ0) is 18.8. The van der Waals surface area contributed by atoms with Gasteiger partial charge in [-0.2, -0.15) is 0 Å². The van der Waals surface area contributed by atoms with E-state index in [1.807, 2.05) is 12.1 Å². The quantitative estimate of drug-likeness (QED) is 0.842. The first-order chi connectivity index (χ1) is 13.0. The molecule has 5 rings (SSSR count). The Morgan fingerprint density at radius 3 is 2.85 bits per heavy atom. The number of rotatable bonds is 4. The summed E-state index contributed by atoms with van der Waals surface area (Å²) in [5.41, 5.74) is 2.11. The number of carboxylic acid groups (broad SMARTS) is 1. The van der Waals surface area contributed by atoms with Gasteiger partial charge in [0.2, 0.25) is 5.91 Å². The van der Waals surface area contributed by atoms with E-state index in [9.17, 15) is 19.8 Å². The molecular weight excluding hydrogens is 344 g/mol. The number of amides is 1. The van der Waals surface area contributed by atoms with Crippen LogP contribution in [0.15, 0.2) is 18.2 Å². The van der Waals surface area contributed by atoms with Crippen molar-refractivity contribution < 1.29 is 19.8 Å². The number of aliphatic carboxylic acids is 1. The minimum absolute atomic E-state index is 0.0702. The third kappa shape index (κ3) is 2.73. The molecule has 0 aromatic heterocycles. The lowest BCUT2D eigenvalue weighted by Crippen LogP contribution is -2.67. The topological polar surface area (TPSA) is 81.1 Å². The van der Waals surface area contributed by atoms with Crippen LogP contribution in [-0.4, -0.2) is 64.1 Å². The minimum atomic E-state index is -0.951. The summed E-state index contributed by atoms with van der Waals surface area (Å²) in [7, 11) is 0. The average molecular weight is 370 g/mol. The molecule has 3 fully saturated rings. The second-order valence-corrected chi connectivity index (χ2v) is 8.91. The van der Waals surface area contributed by atoms with E-state index < -0.39 is 5.97 Å². The maximum Gasteiger partial charge on any atom is 0.323 e. The summed E-state index contributed by atoms with van der Waals surface area (Å²) in [6, 6.07) is 5.97. The van der Waals surface area contributed by atoms with Gasteiger partial charge in [-0.1, -0.05) is 6.07 Å². The minimum Gasteiger partial charge on any atom is -0.508 e. The van der Waals surface area contributed by atoms with Crippen molar-refractivity contribution in [3.05, 3.63) is 29.3 Å². The molecule has 4 aliphatic rings. The molecule has 2 heterocycles. The van der Waals surface area contributed by atoms with E-state index in [4.69, 9.17) is 0 Å². The van der Waals surface area contributed by atoms with E-state index in [1.165, 1.54) is 23.3 Å². The number of carbonyl (C=O) groups excluding carboxylic acids is 1. The summed E-state index contributed by atoms with van der Waals surface area (Å²) >= 11 is 0. The Morgan fingerprint density at radius 1 is 1.30 bits per heavy atom. The van der Waals surface area contributed by atoms with Gasteiger partial charge in [0.25, 0.3) is 0 Å². The molecule has 6 nitrogen and oxygen atoms in total. The zero-order valence-corrected chi connectivity index (χ0v) is 15.4. The molecular formula is C21H26N2O4. The number of hydrogen-bond acceptors (Lipinski definition) is 4. The van der Waals surface area contributed by atoms with Gasteiger partial charge in [0.05, 0.1) is 0 Å². The van der Waals surface area contributed by atoms with Crippen molar-refractivity contribution >= 4 is 11.9 Å². The van der Waals surface area contributed by atoms with E-state index in [1.54, 1.807) is 6.07 Å². The zero-order valence-electron chi connectivity index (χ0n) is 15.4. The number of nitrogens with zero attached hydrogens (tertiary/aromatic N) is 2.